The molecule has 2 N–H and O–H groups in total. The van der Waals surface area contributed by atoms with E-state index in [1.165, 1.54) is 7.05 Å². The highest BCUT2D eigenvalue weighted by atomic mass is 16.2. The summed E-state index contributed by atoms with van der Waals surface area (Å²) in [5.41, 5.74) is 0.416. The molecule has 0 aromatic carbocycles. The van der Waals surface area contributed by atoms with Crippen LogP contribution >= 0.6 is 0 Å². The molecule has 0 saturated heterocycles. The van der Waals surface area contributed by atoms with Gasteiger partial charge in [0.15, 0.2) is 0 Å². The number of hydrogen-bond donors (Lipinski definition) is 2. The summed E-state index contributed by atoms with van der Waals surface area (Å²) in [6, 6.07) is -0.673. The maximum Gasteiger partial charge on any atom is 0.242 e. The van der Waals surface area contributed by atoms with Gasteiger partial charge in [0.2, 0.25) is 11.8 Å². The van der Waals surface area contributed by atoms with E-state index in [9.17, 15) is 14.4 Å². The lowest BCUT2D eigenvalue weighted by molar-refractivity contribution is -0.131. The van der Waals surface area contributed by atoms with Gasteiger partial charge >= 0.3 is 0 Å². The first-order valence-corrected chi connectivity index (χ1v) is 7.98. The first-order valence-electron chi connectivity index (χ1n) is 7.98. The van der Waals surface area contributed by atoms with Crippen LogP contribution in [0.25, 0.3) is 0 Å². The summed E-state index contributed by atoms with van der Waals surface area (Å²) in [4.78, 5) is 35.1. The number of aldehydes is 1. The Morgan fingerprint density at radius 2 is 1.91 bits per heavy atom. The SMILES string of the molecule is C\C=C/C=C\C(=C/C)C1(C(=O)NC(CCC=O)C(=O)NC)CC1. The van der Waals surface area contributed by atoms with Crippen molar-refractivity contribution in [3.63, 3.8) is 0 Å². The Bertz CT molecular complexity index is 528. The van der Waals surface area contributed by atoms with E-state index in [1.54, 1.807) is 0 Å². The van der Waals surface area contributed by atoms with E-state index in [0.717, 1.165) is 24.7 Å². The lowest BCUT2D eigenvalue weighted by Gasteiger charge is -2.22. The van der Waals surface area contributed by atoms with Gasteiger partial charge in [-0.15, -0.1) is 0 Å². The summed E-state index contributed by atoms with van der Waals surface area (Å²) < 4.78 is 0. The fourth-order valence-corrected chi connectivity index (χ4v) is 2.55. The molecule has 5 heteroatoms. The molecule has 0 heterocycles. The van der Waals surface area contributed by atoms with Crippen molar-refractivity contribution in [2.75, 3.05) is 7.05 Å². The second-order valence-corrected chi connectivity index (χ2v) is 5.60. The number of allylic oxidation sites excluding steroid dienone is 5. The number of nitrogens with one attached hydrogen (secondary N) is 2. The Hall–Kier alpha value is -2.17. The molecule has 1 aliphatic carbocycles. The Morgan fingerprint density at radius 3 is 2.39 bits per heavy atom. The zero-order valence-electron chi connectivity index (χ0n) is 14.1. The molecule has 1 rings (SSSR count). The monoisotopic (exact) mass is 318 g/mol. The van der Waals surface area contributed by atoms with E-state index in [-0.39, 0.29) is 18.2 Å². The van der Waals surface area contributed by atoms with Gasteiger partial charge in [0.05, 0.1) is 5.41 Å². The number of rotatable bonds is 9. The first-order chi connectivity index (χ1) is 11.1. The third kappa shape index (κ3) is 4.91. The molecule has 1 fully saturated rings. The summed E-state index contributed by atoms with van der Waals surface area (Å²) in [5.74, 6) is -0.419. The van der Waals surface area contributed by atoms with Gasteiger partial charge in [-0.05, 0) is 38.7 Å². The molecule has 0 aliphatic heterocycles. The Balaban J connectivity index is 2.84. The summed E-state index contributed by atoms with van der Waals surface area (Å²) in [6.45, 7) is 3.84. The standard InChI is InChI=1S/C18H26N2O3/c1-4-6-7-9-14(5-2)18(11-12-18)17(23)20-15(10-8-13-21)16(22)19-3/h4-7,9,13,15H,8,10-12H2,1-3H3,(H,19,22)(H,20,23)/b6-4-,9-7-,14-5+. The fourth-order valence-electron chi connectivity index (χ4n) is 2.55. The van der Waals surface area contributed by atoms with E-state index in [1.807, 2.05) is 44.2 Å². The van der Waals surface area contributed by atoms with Gasteiger partial charge in [-0.1, -0.05) is 30.4 Å². The molecule has 126 valence electrons. The third-order valence-electron chi connectivity index (χ3n) is 4.07. The number of carbonyl (C=O) groups is 3. The minimum Gasteiger partial charge on any atom is -0.357 e. The van der Waals surface area contributed by atoms with Crippen molar-refractivity contribution < 1.29 is 14.4 Å². The smallest absolute Gasteiger partial charge is 0.242 e. The lowest BCUT2D eigenvalue weighted by Crippen LogP contribution is -2.48. The van der Waals surface area contributed by atoms with Crippen LogP contribution in [-0.2, 0) is 14.4 Å². The van der Waals surface area contributed by atoms with Crippen molar-refractivity contribution in [1.29, 1.82) is 0 Å². The Morgan fingerprint density at radius 1 is 1.22 bits per heavy atom. The van der Waals surface area contributed by atoms with Crippen LogP contribution in [0.4, 0.5) is 0 Å². The summed E-state index contributed by atoms with van der Waals surface area (Å²) >= 11 is 0. The van der Waals surface area contributed by atoms with Crippen molar-refractivity contribution in [2.24, 2.45) is 5.41 Å². The molecule has 2 amide bonds. The predicted molar refractivity (Wildman–Crippen MR) is 90.7 cm³/mol. The number of amides is 2. The minimum absolute atomic E-state index is 0.143. The van der Waals surface area contributed by atoms with Gasteiger partial charge in [0.1, 0.15) is 12.3 Å². The minimum atomic E-state index is -0.673. The van der Waals surface area contributed by atoms with Crippen LogP contribution in [0.2, 0.25) is 0 Å². The van der Waals surface area contributed by atoms with Crippen LogP contribution in [0.15, 0.2) is 36.0 Å². The quantitative estimate of drug-likeness (QED) is 0.505. The highest BCUT2D eigenvalue weighted by Crippen LogP contribution is 2.52. The molecule has 0 radical (unpaired) electrons. The predicted octanol–water partition coefficient (Wildman–Crippen LogP) is 2.06. The van der Waals surface area contributed by atoms with Crippen LogP contribution in [0.1, 0.15) is 39.5 Å². The molecule has 5 nitrogen and oxygen atoms in total. The molecular formula is C18H26N2O3. The van der Waals surface area contributed by atoms with Crippen LogP contribution in [0.3, 0.4) is 0 Å². The molecular weight excluding hydrogens is 292 g/mol. The zero-order chi connectivity index (χ0) is 17.3. The van der Waals surface area contributed by atoms with Gasteiger partial charge < -0.3 is 15.4 Å². The second-order valence-electron chi connectivity index (χ2n) is 5.60. The molecule has 1 unspecified atom stereocenters. The molecule has 23 heavy (non-hydrogen) atoms. The third-order valence-corrected chi connectivity index (χ3v) is 4.07. The molecule has 1 atom stereocenters. The average molecular weight is 318 g/mol. The molecule has 1 aliphatic rings. The van der Waals surface area contributed by atoms with Gasteiger partial charge in [-0.25, -0.2) is 0 Å². The van der Waals surface area contributed by atoms with E-state index in [0.29, 0.717) is 6.42 Å². The van der Waals surface area contributed by atoms with Crippen LogP contribution in [0.5, 0.6) is 0 Å². The van der Waals surface area contributed by atoms with E-state index >= 15 is 0 Å². The van der Waals surface area contributed by atoms with Gasteiger partial charge in [-0.3, -0.25) is 9.59 Å². The van der Waals surface area contributed by atoms with Crippen LogP contribution in [0, 0.1) is 5.41 Å². The number of hydrogen-bond acceptors (Lipinski definition) is 3. The van der Waals surface area contributed by atoms with Crippen LogP contribution in [-0.4, -0.2) is 31.2 Å². The number of carbonyl (C=O) groups excluding carboxylic acids is 3. The zero-order valence-corrected chi connectivity index (χ0v) is 14.1. The van der Waals surface area contributed by atoms with Crippen LogP contribution < -0.4 is 10.6 Å². The topological polar surface area (TPSA) is 75.3 Å². The molecule has 0 bridgehead atoms. The normalized spacial score (nSPS) is 18.0. The van der Waals surface area contributed by atoms with E-state index in [2.05, 4.69) is 10.6 Å². The summed E-state index contributed by atoms with van der Waals surface area (Å²) in [7, 11) is 1.52. The Labute approximate surface area is 137 Å². The highest BCUT2D eigenvalue weighted by molar-refractivity contribution is 5.94. The largest absolute Gasteiger partial charge is 0.357 e. The van der Waals surface area contributed by atoms with Gasteiger partial charge in [0.25, 0.3) is 0 Å². The van der Waals surface area contributed by atoms with Gasteiger partial charge in [-0.2, -0.15) is 0 Å². The average Bonchev–Trinajstić information content (AvgIpc) is 3.36. The number of likely N-dealkylation sites (N-methyl/N-ethyl adjacent to an activating group) is 1. The molecule has 0 spiro atoms. The van der Waals surface area contributed by atoms with E-state index in [4.69, 9.17) is 0 Å². The molecule has 0 aromatic rings. The Kier molecular flexibility index (Phi) is 7.45. The van der Waals surface area contributed by atoms with E-state index < -0.39 is 11.5 Å². The fraction of sp³-hybridized carbons (Fsp3) is 0.500. The molecule has 0 aromatic heterocycles. The highest BCUT2D eigenvalue weighted by Gasteiger charge is 2.52. The van der Waals surface area contributed by atoms with Gasteiger partial charge in [0, 0.05) is 13.5 Å². The van der Waals surface area contributed by atoms with Crippen molar-refractivity contribution in [3.8, 4) is 0 Å². The summed E-state index contributed by atoms with van der Waals surface area (Å²) in [6.07, 6.45) is 12.5. The summed E-state index contributed by atoms with van der Waals surface area (Å²) in [5, 5.41) is 5.34. The van der Waals surface area contributed by atoms with Crippen molar-refractivity contribution in [2.45, 2.75) is 45.6 Å². The molecule has 1 saturated carbocycles. The lowest BCUT2D eigenvalue weighted by atomic mass is 9.93. The maximum absolute atomic E-state index is 12.7. The maximum atomic E-state index is 12.7. The second kappa shape index (κ2) is 9.08. The van der Waals surface area contributed by atoms with Crippen molar-refractivity contribution in [1.82, 2.24) is 10.6 Å². The van der Waals surface area contributed by atoms with Crippen molar-refractivity contribution in [3.05, 3.63) is 36.0 Å². The first kappa shape index (κ1) is 18.9. The van der Waals surface area contributed by atoms with Crippen molar-refractivity contribution >= 4 is 18.1 Å².